The predicted molar refractivity (Wildman–Crippen MR) is 124 cm³/mol. The number of aromatic nitrogens is 2. The number of benzene rings is 2. The summed E-state index contributed by atoms with van der Waals surface area (Å²) in [6, 6.07) is 11.0. The average Bonchev–Trinajstić information content (AvgIpc) is 3.24. The lowest BCUT2D eigenvalue weighted by Crippen LogP contribution is -2.40. The summed E-state index contributed by atoms with van der Waals surface area (Å²) in [7, 11) is -4.09. The Bertz CT molecular complexity index is 1370. The van der Waals surface area contributed by atoms with Gasteiger partial charge < -0.3 is 15.0 Å². The van der Waals surface area contributed by atoms with Crippen molar-refractivity contribution in [3.05, 3.63) is 76.9 Å². The van der Waals surface area contributed by atoms with E-state index in [1.54, 1.807) is 17.9 Å². The molecule has 0 aliphatic carbocycles. The lowest BCUT2D eigenvalue weighted by atomic mass is 10.1. The molecule has 2 aromatic carbocycles. The van der Waals surface area contributed by atoms with Gasteiger partial charge in [0.1, 0.15) is 5.82 Å². The third kappa shape index (κ3) is 5.56. The molecule has 0 spiro atoms. The van der Waals surface area contributed by atoms with Gasteiger partial charge in [-0.1, -0.05) is 12.1 Å². The van der Waals surface area contributed by atoms with Gasteiger partial charge in [0.25, 0.3) is 11.8 Å². The second-order valence-electron chi connectivity index (χ2n) is 8.02. The zero-order valence-electron chi connectivity index (χ0n) is 18.9. The van der Waals surface area contributed by atoms with E-state index in [4.69, 9.17) is 9.88 Å². The Balaban J connectivity index is 1.67. The van der Waals surface area contributed by atoms with Crippen molar-refractivity contribution in [2.75, 3.05) is 26.3 Å². The summed E-state index contributed by atoms with van der Waals surface area (Å²) in [6.07, 6.45) is 0. The highest BCUT2D eigenvalue weighted by Crippen LogP contribution is 2.22. The molecular weight excluding hydrogens is 477 g/mol. The third-order valence-electron chi connectivity index (χ3n) is 5.54. The number of rotatable bonds is 6. The number of ether oxygens (including phenoxy) is 1. The van der Waals surface area contributed by atoms with Crippen LogP contribution in [0.4, 0.5) is 4.39 Å². The lowest BCUT2D eigenvalue weighted by Gasteiger charge is -2.25. The predicted octanol–water partition coefficient (Wildman–Crippen LogP) is 1.37. The minimum atomic E-state index is -4.09. The number of nitrogens with one attached hydrogen (secondary N) is 1. The van der Waals surface area contributed by atoms with Crippen molar-refractivity contribution < 1.29 is 27.1 Å². The molecule has 1 aliphatic heterocycles. The number of carbonyl (C=O) groups is 2. The second-order valence-corrected chi connectivity index (χ2v) is 9.58. The molecule has 10 nitrogen and oxygen atoms in total. The molecule has 0 radical (unpaired) electrons. The third-order valence-corrected chi connectivity index (χ3v) is 6.45. The first kappa shape index (κ1) is 24.5. The minimum Gasteiger partial charge on any atom is -0.378 e. The molecule has 1 aromatic heterocycles. The quantitative estimate of drug-likeness (QED) is 0.524. The standard InChI is InChI=1S/C23H24FN5O5S/c1-15-12-20(23(31)28-8-10-34-11-9-28)27-29(15)21-7-6-18(35(25,32)33)13-19(21)22(30)26-14-16-2-4-17(24)5-3-16/h2-7,12-13H,8-11,14H2,1H3,(H,26,30)(H2,25,32,33). The van der Waals surface area contributed by atoms with Gasteiger partial charge in [-0.15, -0.1) is 0 Å². The van der Waals surface area contributed by atoms with Gasteiger partial charge in [-0.3, -0.25) is 9.59 Å². The van der Waals surface area contributed by atoms with Crippen molar-refractivity contribution in [2.45, 2.75) is 18.4 Å². The number of nitrogens with two attached hydrogens (primary N) is 1. The van der Waals surface area contributed by atoms with Gasteiger partial charge in [-0.2, -0.15) is 5.10 Å². The topological polar surface area (TPSA) is 137 Å². The highest BCUT2D eigenvalue weighted by Gasteiger charge is 2.24. The summed E-state index contributed by atoms with van der Waals surface area (Å²) < 4.78 is 43.7. The number of hydrogen-bond acceptors (Lipinski definition) is 6. The van der Waals surface area contributed by atoms with Crippen LogP contribution < -0.4 is 10.5 Å². The molecule has 184 valence electrons. The molecule has 1 saturated heterocycles. The minimum absolute atomic E-state index is 0.00444. The fourth-order valence-corrected chi connectivity index (χ4v) is 4.23. The van der Waals surface area contributed by atoms with E-state index >= 15 is 0 Å². The van der Waals surface area contributed by atoms with Gasteiger partial charge in [0.05, 0.1) is 29.4 Å². The van der Waals surface area contributed by atoms with Gasteiger partial charge in [-0.25, -0.2) is 22.6 Å². The number of aryl methyl sites for hydroxylation is 1. The summed E-state index contributed by atoms with van der Waals surface area (Å²) in [5.41, 5.74) is 1.68. The summed E-state index contributed by atoms with van der Waals surface area (Å²) >= 11 is 0. The van der Waals surface area contributed by atoms with Gasteiger partial charge in [0.15, 0.2) is 5.69 Å². The normalized spacial score (nSPS) is 14.1. The molecule has 2 heterocycles. The number of hydrogen-bond donors (Lipinski definition) is 2. The second kappa shape index (κ2) is 9.94. The van der Waals surface area contributed by atoms with Crippen LogP contribution in [-0.2, 0) is 21.3 Å². The fourth-order valence-electron chi connectivity index (χ4n) is 3.69. The van der Waals surface area contributed by atoms with Gasteiger partial charge in [-0.05, 0) is 48.9 Å². The van der Waals surface area contributed by atoms with E-state index in [1.165, 1.54) is 41.1 Å². The monoisotopic (exact) mass is 501 g/mol. The number of carbonyl (C=O) groups excluding carboxylic acids is 2. The Kier molecular flexibility index (Phi) is 6.96. The maximum absolute atomic E-state index is 13.2. The van der Waals surface area contributed by atoms with Crippen LogP contribution in [0, 0.1) is 12.7 Å². The molecule has 12 heteroatoms. The van der Waals surface area contributed by atoms with Crippen molar-refractivity contribution in [1.29, 1.82) is 0 Å². The Hall–Kier alpha value is -3.61. The largest absolute Gasteiger partial charge is 0.378 e. The zero-order valence-corrected chi connectivity index (χ0v) is 19.7. The Morgan fingerprint density at radius 2 is 1.80 bits per heavy atom. The SMILES string of the molecule is Cc1cc(C(=O)N2CCOCC2)nn1-c1ccc(S(N)(=O)=O)cc1C(=O)NCc1ccc(F)cc1. The van der Waals surface area contributed by atoms with Crippen LogP contribution in [0.15, 0.2) is 53.4 Å². The smallest absolute Gasteiger partial charge is 0.274 e. The van der Waals surface area contributed by atoms with E-state index in [9.17, 15) is 22.4 Å². The Morgan fingerprint density at radius 1 is 1.11 bits per heavy atom. The number of nitrogens with zero attached hydrogens (tertiary/aromatic N) is 3. The van der Waals surface area contributed by atoms with Crippen molar-refractivity contribution in [3.8, 4) is 5.69 Å². The van der Waals surface area contributed by atoms with Crippen molar-refractivity contribution in [3.63, 3.8) is 0 Å². The maximum atomic E-state index is 13.2. The highest BCUT2D eigenvalue weighted by atomic mass is 32.2. The molecule has 1 fully saturated rings. The van der Waals surface area contributed by atoms with Crippen LogP contribution in [0.1, 0.15) is 32.1 Å². The summed E-state index contributed by atoms with van der Waals surface area (Å²) in [4.78, 5) is 27.4. The van der Waals surface area contributed by atoms with E-state index in [1.807, 2.05) is 0 Å². The van der Waals surface area contributed by atoms with Crippen LogP contribution in [0.3, 0.4) is 0 Å². The molecule has 3 aromatic rings. The van der Waals surface area contributed by atoms with Gasteiger partial charge in [0.2, 0.25) is 10.0 Å². The van der Waals surface area contributed by atoms with Crippen LogP contribution in [0.25, 0.3) is 5.69 Å². The molecule has 0 saturated carbocycles. The Morgan fingerprint density at radius 3 is 2.46 bits per heavy atom. The van der Waals surface area contributed by atoms with E-state index in [0.717, 1.165) is 6.07 Å². The molecule has 0 unspecified atom stereocenters. The van der Waals surface area contributed by atoms with Gasteiger partial charge in [0, 0.05) is 25.3 Å². The summed E-state index contributed by atoms with van der Waals surface area (Å²) in [6.45, 7) is 3.58. The number of halogens is 1. The molecule has 0 atom stereocenters. The van der Waals surface area contributed by atoms with Crippen LogP contribution >= 0.6 is 0 Å². The molecule has 0 bridgehead atoms. The highest BCUT2D eigenvalue weighted by molar-refractivity contribution is 7.89. The molecule has 1 aliphatic rings. The number of primary sulfonamides is 1. The van der Waals surface area contributed by atoms with E-state index < -0.39 is 21.7 Å². The molecule has 2 amide bonds. The maximum Gasteiger partial charge on any atom is 0.274 e. The van der Waals surface area contributed by atoms with Crippen molar-refractivity contribution >= 4 is 21.8 Å². The number of amides is 2. The van der Waals surface area contributed by atoms with E-state index in [2.05, 4.69) is 10.4 Å². The zero-order chi connectivity index (χ0) is 25.2. The first-order valence-electron chi connectivity index (χ1n) is 10.8. The number of sulfonamides is 1. The average molecular weight is 502 g/mol. The lowest BCUT2D eigenvalue weighted by molar-refractivity contribution is 0.0298. The summed E-state index contributed by atoms with van der Waals surface area (Å²) in [5, 5.41) is 12.4. The first-order valence-corrected chi connectivity index (χ1v) is 12.3. The molecular formula is C23H24FN5O5S. The van der Waals surface area contributed by atoms with Gasteiger partial charge >= 0.3 is 0 Å². The summed E-state index contributed by atoms with van der Waals surface area (Å²) in [5.74, 6) is -1.26. The Labute approximate surface area is 201 Å². The van der Waals surface area contributed by atoms with E-state index in [-0.39, 0.29) is 34.3 Å². The van der Waals surface area contributed by atoms with Crippen LogP contribution in [0.2, 0.25) is 0 Å². The van der Waals surface area contributed by atoms with Crippen LogP contribution in [0.5, 0.6) is 0 Å². The fraction of sp³-hybridized carbons (Fsp3) is 0.261. The van der Waals surface area contributed by atoms with Crippen molar-refractivity contribution in [1.82, 2.24) is 20.0 Å². The molecule has 4 rings (SSSR count). The van der Waals surface area contributed by atoms with Crippen molar-refractivity contribution in [2.24, 2.45) is 5.14 Å². The number of morpholine rings is 1. The molecule has 3 N–H and O–H groups in total. The molecule has 35 heavy (non-hydrogen) atoms. The van der Waals surface area contributed by atoms with Crippen LogP contribution in [-0.4, -0.2) is 61.2 Å². The van der Waals surface area contributed by atoms with E-state index in [0.29, 0.717) is 37.6 Å². The first-order chi connectivity index (χ1) is 16.6.